The number of hydrogen-bond acceptors (Lipinski definition) is 6. The molecule has 0 saturated carbocycles. The highest BCUT2D eigenvalue weighted by atomic mass is 32.2. The number of thioether (sulfide) groups is 1. The summed E-state index contributed by atoms with van der Waals surface area (Å²) in [7, 11) is 1.30. The van der Waals surface area contributed by atoms with Crippen LogP contribution in [0.5, 0.6) is 11.5 Å². The largest absolute Gasteiger partial charge is 0.493 e. The minimum absolute atomic E-state index is 0.0591. The molecule has 7 nitrogen and oxygen atoms in total. The minimum Gasteiger partial charge on any atom is -0.493 e. The van der Waals surface area contributed by atoms with E-state index in [-0.39, 0.29) is 28.9 Å². The molecular formula is C23H20F2N2O5S. The lowest BCUT2D eigenvalue weighted by Crippen LogP contribution is -2.44. The Bertz CT molecular complexity index is 1140. The van der Waals surface area contributed by atoms with Gasteiger partial charge in [-0.1, -0.05) is 30.3 Å². The summed E-state index contributed by atoms with van der Waals surface area (Å²) < 4.78 is 34.4. The van der Waals surface area contributed by atoms with Gasteiger partial charge in [0.1, 0.15) is 6.54 Å². The van der Waals surface area contributed by atoms with E-state index in [0.29, 0.717) is 18.7 Å². The maximum atomic E-state index is 12.8. The zero-order valence-corrected chi connectivity index (χ0v) is 18.4. The predicted octanol–water partition coefficient (Wildman–Crippen LogP) is 3.92. The first-order valence-electron chi connectivity index (χ1n) is 10.1. The van der Waals surface area contributed by atoms with E-state index in [4.69, 9.17) is 4.74 Å². The number of hydrogen-bond donors (Lipinski definition) is 0. The molecule has 2 aliphatic rings. The summed E-state index contributed by atoms with van der Waals surface area (Å²) in [5.41, 5.74) is 2.70. The molecule has 0 bridgehead atoms. The first-order valence-corrected chi connectivity index (χ1v) is 10.9. The number of carbonyl (C=O) groups is 3. The average Bonchev–Trinajstić information content (AvgIpc) is 3.06. The molecule has 0 radical (unpaired) electrons. The van der Waals surface area contributed by atoms with Crippen molar-refractivity contribution in [2.75, 3.05) is 20.2 Å². The first kappa shape index (κ1) is 22.8. The summed E-state index contributed by atoms with van der Waals surface area (Å²) in [5.74, 6) is -0.971. The zero-order chi connectivity index (χ0) is 23.5. The van der Waals surface area contributed by atoms with Crippen LogP contribution in [0.2, 0.25) is 0 Å². The molecule has 2 aromatic carbocycles. The fourth-order valence-corrected chi connectivity index (χ4v) is 4.54. The Balaban J connectivity index is 1.45. The molecule has 172 valence electrons. The van der Waals surface area contributed by atoms with E-state index in [1.54, 1.807) is 4.90 Å². The second-order valence-electron chi connectivity index (χ2n) is 7.39. The number of alkyl halides is 2. The van der Waals surface area contributed by atoms with Crippen molar-refractivity contribution < 1.29 is 32.6 Å². The Labute approximate surface area is 192 Å². The van der Waals surface area contributed by atoms with Crippen LogP contribution in [-0.2, 0) is 22.6 Å². The van der Waals surface area contributed by atoms with Crippen LogP contribution in [0.25, 0.3) is 6.08 Å². The third-order valence-corrected chi connectivity index (χ3v) is 6.26. The number of amides is 3. The lowest BCUT2D eigenvalue weighted by Gasteiger charge is -2.29. The SMILES string of the molecule is COc1cc(/C=C2\SC(=O)N(CC(=O)N3CCc4ccccc4C3)C2=O)ccc1OC(F)F. The quantitative estimate of drug-likeness (QED) is 0.591. The second kappa shape index (κ2) is 9.62. The summed E-state index contributed by atoms with van der Waals surface area (Å²) in [6, 6.07) is 12.0. The molecule has 0 spiro atoms. The fourth-order valence-electron chi connectivity index (χ4n) is 3.70. The predicted molar refractivity (Wildman–Crippen MR) is 118 cm³/mol. The van der Waals surface area contributed by atoms with Gasteiger partial charge in [-0.15, -0.1) is 0 Å². The van der Waals surface area contributed by atoms with Gasteiger partial charge in [0.2, 0.25) is 5.91 Å². The summed E-state index contributed by atoms with van der Waals surface area (Å²) in [6.45, 7) is -2.38. The lowest BCUT2D eigenvalue weighted by molar-refractivity contribution is -0.136. The summed E-state index contributed by atoms with van der Waals surface area (Å²) >= 11 is 0.718. The highest BCUT2D eigenvalue weighted by Gasteiger charge is 2.37. The minimum atomic E-state index is -3.01. The molecule has 3 amide bonds. The van der Waals surface area contributed by atoms with E-state index in [1.165, 1.54) is 36.9 Å². The molecule has 33 heavy (non-hydrogen) atoms. The van der Waals surface area contributed by atoms with Crippen molar-refractivity contribution in [3.63, 3.8) is 0 Å². The maximum absolute atomic E-state index is 12.8. The molecule has 2 aliphatic heterocycles. The molecule has 4 rings (SSSR count). The number of carbonyl (C=O) groups excluding carboxylic acids is 3. The van der Waals surface area contributed by atoms with Crippen LogP contribution in [0.1, 0.15) is 16.7 Å². The number of imide groups is 1. The Hall–Kier alpha value is -3.40. The summed E-state index contributed by atoms with van der Waals surface area (Å²) in [6.07, 6.45) is 2.16. The summed E-state index contributed by atoms with van der Waals surface area (Å²) in [4.78, 5) is 40.7. The molecule has 1 fully saturated rings. The molecule has 0 aliphatic carbocycles. The van der Waals surface area contributed by atoms with Crippen LogP contribution in [-0.4, -0.2) is 53.7 Å². The van der Waals surface area contributed by atoms with Crippen LogP contribution >= 0.6 is 11.8 Å². The topological polar surface area (TPSA) is 76.2 Å². The lowest BCUT2D eigenvalue weighted by atomic mass is 10.00. The van der Waals surface area contributed by atoms with Crippen LogP contribution in [0, 0.1) is 0 Å². The van der Waals surface area contributed by atoms with Crippen molar-refractivity contribution in [3.8, 4) is 11.5 Å². The fraction of sp³-hybridized carbons (Fsp3) is 0.261. The van der Waals surface area contributed by atoms with E-state index in [1.807, 2.05) is 24.3 Å². The summed E-state index contributed by atoms with van der Waals surface area (Å²) in [5, 5.41) is -0.540. The van der Waals surface area contributed by atoms with E-state index in [0.717, 1.165) is 28.6 Å². The number of rotatable bonds is 6. The molecular weight excluding hydrogens is 454 g/mol. The third-order valence-electron chi connectivity index (χ3n) is 5.35. The molecule has 0 aromatic heterocycles. The van der Waals surface area contributed by atoms with Gasteiger partial charge in [0.25, 0.3) is 11.1 Å². The number of benzene rings is 2. The van der Waals surface area contributed by atoms with Crippen LogP contribution in [0.4, 0.5) is 13.6 Å². The van der Waals surface area contributed by atoms with Crippen molar-refractivity contribution in [1.29, 1.82) is 0 Å². The van der Waals surface area contributed by atoms with Gasteiger partial charge >= 0.3 is 6.61 Å². The molecule has 10 heteroatoms. The van der Waals surface area contributed by atoms with Gasteiger partial charge in [-0.3, -0.25) is 19.3 Å². The molecule has 0 atom stereocenters. The maximum Gasteiger partial charge on any atom is 0.387 e. The van der Waals surface area contributed by atoms with E-state index < -0.39 is 17.8 Å². The van der Waals surface area contributed by atoms with Crippen molar-refractivity contribution in [2.24, 2.45) is 0 Å². The number of nitrogens with zero attached hydrogens (tertiary/aromatic N) is 2. The molecule has 0 N–H and O–H groups in total. The van der Waals surface area contributed by atoms with Crippen LogP contribution < -0.4 is 9.47 Å². The standard InChI is InChI=1S/C23H20F2N2O5S/c1-31-18-10-14(6-7-17(18)32-22(24)25)11-19-21(29)27(23(30)33-19)13-20(28)26-9-8-15-4-2-3-5-16(15)12-26/h2-7,10-11,22H,8-9,12-13H2,1H3/b19-11-. The van der Waals surface area contributed by atoms with E-state index in [9.17, 15) is 23.2 Å². The van der Waals surface area contributed by atoms with Crippen molar-refractivity contribution in [2.45, 2.75) is 19.6 Å². The van der Waals surface area contributed by atoms with Crippen molar-refractivity contribution in [1.82, 2.24) is 9.80 Å². The van der Waals surface area contributed by atoms with Gasteiger partial charge < -0.3 is 14.4 Å². The number of ether oxygens (including phenoxy) is 2. The number of halogens is 2. The van der Waals surface area contributed by atoms with Gasteiger partial charge in [-0.2, -0.15) is 8.78 Å². The first-order chi connectivity index (χ1) is 15.9. The van der Waals surface area contributed by atoms with E-state index in [2.05, 4.69) is 4.74 Å². The Kier molecular flexibility index (Phi) is 6.64. The Morgan fingerprint density at radius 2 is 1.91 bits per heavy atom. The Morgan fingerprint density at radius 3 is 2.64 bits per heavy atom. The normalized spacial score (nSPS) is 17.0. The molecule has 2 heterocycles. The van der Waals surface area contributed by atoms with E-state index >= 15 is 0 Å². The van der Waals surface area contributed by atoms with Gasteiger partial charge in [-0.05, 0) is 53.1 Å². The van der Waals surface area contributed by atoms with Crippen molar-refractivity contribution in [3.05, 3.63) is 64.1 Å². The average molecular weight is 474 g/mol. The highest BCUT2D eigenvalue weighted by molar-refractivity contribution is 8.18. The monoisotopic (exact) mass is 474 g/mol. The second-order valence-corrected chi connectivity index (χ2v) is 8.38. The van der Waals surface area contributed by atoms with Gasteiger partial charge in [-0.25, -0.2) is 0 Å². The molecule has 0 unspecified atom stereocenters. The Morgan fingerprint density at radius 1 is 1.15 bits per heavy atom. The van der Waals surface area contributed by atoms with Gasteiger partial charge in [0.05, 0.1) is 12.0 Å². The van der Waals surface area contributed by atoms with Crippen LogP contribution in [0.3, 0.4) is 0 Å². The molecule has 2 aromatic rings. The van der Waals surface area contributed by atoms with Crippen LogP contribution in [0.15, 0.2) is 47.4 Å². The smallest absolute Gasteiger partial charge is 0.387 e. The number of fused-ring (bicyclic) bond motifs is 1. The number of methoxy groups -OCH3 is 1. The van der Waals surface area contributed by atoms with Gasteiger partial charge in [0.15, 0.2) is 11.5 Å². The van der Waals surface area contributed by atoms with Gasteiger partial charge in [0, 0.05) is 13.1 Å². The zero-order valence-electron chi connectivity index (χ0n) is 17.6. The molecule has 1 saturated heterocycles. The third kappa shape index (κ3) is 5.00. The van der Waals surface area contributed by atoms with Crippen molar-refractivity contribution >= 4 is 34.9 Å². The highest BCUT2D eigenvalue weighted by Crippen LogP contribution is 2.35.